The van der Waals surface area contributed by atoms with Gasteiger partial charge in [-0.2, -0.15) is 0 Å². The first-order valence-electron chi connectivity index (χ1n) is 15.0. The summed E-state index contributed by atoms with van der Waals surface area (Å²) in [6.45, 7) is 8.93. The third kappa shape index (κ3) is 6.24. The van der Waals surface area contributed by atoms with Gasteiger partial charge in [0.25, 0.3) is 0 Å². The van der Waals surface area contributed by atoms with Crippen molar-refractivity contribution >= 4 is 30.8 Å². The molecule has 5 rings (SSSR count). The van der Waals surface area contributed by atoms with Crippen molar-refractivity contribution in [3.63, 3.8) is 0 Å². The molecule has 2 aliphatic rings. The minimum Gasteiger partial charge on any atom is -0.497 e. The number of methoxy groups -OCH3 is 2. The minimum absolute atomic E-state index is 0.0187. The van der Waals surface area contributed by atoms with Crippen molar-refractivity contribution in [1.82, 2.24) is 15.0 Å². The lowest BCUT2D eigenvalue weighted by atomic mass is 9.86. The third-order valence-electron chi connectivity index (χ3n) is 9.08. The topological polar surface area (TPSA) is 125 Å². The second-order valence-electron chi connectivity index (χ2n) is 12.1. The summed E-state index contributed by atoms with van der Waals surface area (Å²) >= 11 is 0. The number of aromatic nitrogens is 3. The molecule has 3 heterocycles. The number of carbonyl (C=O) groups excluding carboxylic acids is 2. The van der Waals surface area contributed by atoms with Gasteiger partial charge in [0, 0.05) is 57.0 Å². The maximum Gasteiger partial charge on any atom is 0.304 e. The van der Waals surface area contributed by atoms with Crippen LogP contribution in [0.3, 0.4) is 0 Å². The molecule has 0 bridgehead atoms. The van der Waals surface area contributed by atoms with Crippen LogP contribution in [0.15, 0.2) is 48.7 Å². The number of hydrogen-bond acceptors (Lipinski definition) is 9. The number of benzene rings is 2. The van der Waals surface area contributed by atoms with Crippen molar-refractivity contribution in [3.8, 4) is 11.5 Å². The molecule has 0 aliphatic carbocycles. The van der Waals surface area contributed by atoms with Crippen molar-refractivity contribution in [2.75, 3.05) is 25.7 Å². The zero-order valence-corrected chi connectivity index (χ0v) is 27.2. The van der Waals surface area contributed by atoms with Gasteiger partial charge in [-0.25, -0.2) is 0 Å². The van der Waals surface area contributed by atoms with E-state index in [0.717, 1.165) is 29.2 Å². The molecular formula is C32H42N4O7Si. The van der Waals surface area contributed by atoms with Crippen LogP contribution in [-0.2, 0) is 32.0 Å². The lowest BCUT2D eigenvalue weighted by molar-refractivity contribution is -0.153. The Labute approximate surface area is 259 Å². The molecule has 2 aromatic carbocycles. The van der Waals surface area contributed by atoms with Crippen LogP contribution in [0.4, 0.5) is 5.69 Å². The van der Waals surface area contributed by atoms with Crippen molar-refractivity contribution in [3.05, 3.63) is 59.9 Å². The molecule has 0 saturated carbocycles. The van der Waals surface area contributed by atoms with E-state index in [1.165, 1.54) is 17.0 Å². The minimum atomic E-state index is -2.20. The predicted molar refractivity (Wildman–Crippen MR) is 167 cm³/mol. The highest BCUT2D eigenvalue weighted by Crippen LogP contribution is 2.48. The average Bonchev–Trinajstić information content (AvgIpc) is 3.44. The van der Waals surface area contributed by atoms with E-state index in [-0.39, 0.29) is 42.6 Å². The Kier molecular flexibility index (Phi) is 9.42. The monoisotopic (exact) mass is 622 g/mol. The third-order valence-corrected chi connectivity index (χ3v) is 13.4. The number of ether oxygens (including phenoxy) is 4. The molecule has 5 atom stereocenters. The van der Waals surface area contributed by atoms with Crippen LogP contribution < -0.4 is 19.6 Å². The van der Waals surface area contributed by atoms with Gasteiger partial charge >= 0.3 is 5.97 Å². The van der Waals surface area contributed by atoms with Gasteiger partial charge in [-0.05, 0) is 42.3 Å². The van der Waals surface area contributed by atoms with Crippen LogP contribution >= 0.6 is 0 Å². The smallest absolute Gasteiger partial charge is 0.304 e. The summed E-state index contributed by atoms with van der Waals surface area (Å²) in [5, 5.41) is 19.1. The van der Waals surface area contributed by atoms with E-state index in [9.17, 15) is 14.7 Å². The van der Waals surface area contributed by atoms with Gasteiger partial charge < -0.3 is 24.1 Å². The van der Waals surface area contributed by atoms with Crippen molar-refractivity contribution in [2.45, 2.75) is 76.7 Å². The molecule has 1 N–H and O–H groups in total. The van der Waals surface area contributed by atoms with E-state index >= 15 is 0 Å². The molecule has 0 spiro atoms. The SMILES string of the molecule is COc1ccc([Si](C)(C)C(CCn2cc(CCO)nn2)[C@H]2Oc3ccc(N4C(=O)CC4OC(C)=O)cc3[C@@H](OC)[C@@H]2C)cc1. The van der Waals surface area contributed by atoms with E-state index < -0.39 is 20.3 Å². The molecule has 2 aliphatic heterocycles. The highest BCUT2D eigenvalue weighted by Gasteiger charge is 2.48. The summed E-state index contributed by atoms with van der Waals surface area (Å²) in [6, 6.07) is 14.0. The number of esters is 1. The second-order valence-corrected chi connectivity index (χ2v) is 16.9. The number of aliphatic hydroxyl groups excluding tert-OH is 1. The zero-order chi connectivity index (χ0) is 31.6. The molecule has 11 nitrogen and oxygen atoms in total. The van der Waals surface area contributed by atoms with Crippen LogP contribution in [0.5, 0.6) is 11.5 Å². The van der Waals surface area contributed by atoms with Gasteiger partial charge in [0.1, 0.15) is 17.6 Å². The van der Waals surface area contributed by atoms with Crippen molar-refractivity contribution in [2.24, 2.45) is 5.92 Å². The van der Waals surface area contributed by atoms with Crippen LogP contribution in [0, 0.1) is 5.92 Å². The Morgan fingerprint density at radius 2 is 1.93 bits per heavy atom. The number of β-lactam (4-membered cyclic amide) rings is 1. The van der Waals surface area contributed by atoms with Crippen LogP contribution in [0.1, 0.15) is 44.1 Å². The number of hydrogen-bond donors (Lipinski definition) is 1. The molecule has 2 unspecified atom stereocenters. The zero-order valence-electron chi connectivity index (χ0n) is 26.2. The fourth-order valence-electron chi connectivity index (χ4n) is 6.62. The molecule has 1 fully saturated rings. The maximum absolute atomic E-state index is 12.5. The maximum atomic E-state index is 12.5. The molecule has 236 valence electrons. The van der Waals surface area contributed by atoms with E-state index in [4.69, 9.17) is 18.9 Å². The molecule has 1 aromatic heterocycles. The number of fused-ring (bicyclic) bond motifs is 1. The van der Waals surface area contributed by atoms with E-state index in [0.29, 0.717) is 18.7 Å². The van der Waals surface area contributed by atoms with E-state index in [1.54, 1.807) is 14.2 Å². The lowest BCUT2D eigenvalue weighted by Gasteiger charge is -2.46. The number of amides is 1. The first kappa shape index (κ1) is 31.7. The van der Waals surface area contributed by atoms with E-state index in [1.807, 2.05) is 41.2 Å². The summed E-state index contributed by atoms with van der Waals surface area (Å²) in [5.74, 6) is 0.990. The molecule has 1 saturated heterocycles. The van der Waals surface area contributed by atoms with Crippen molar-refractivity contribution in [1.29, 1.82) is 0 Å². The number of nitrogens with zero attached hydrogens (tertiary/aromatic N) is 4. The fraction of sp³-hybridized carbons (Fsp3) is 0.500. The summed E-state index contributed by atoms with van der Waals surface area (Å²) in [6.07, 6.45) is 2.29. The summed E-state index contributed by atoms with van der Waals surface area (Å²) < 4.78 is 25.6. The largest absolute Gasteiger partial charge is 0.497 e. The molecule has 12 heteroatoms. The lowest BCUT2D eigenvalue weighted by Crippen LogP contribution is -2.55. The first-order valence-corrected chi connectivity index (χ1v) is 18.1. The highest BCUT2D eigenvalue weighted by atomic mass is 28.3. The Balaban J connectivity index is 1.47. The van der Waals surface area contributed by atoms with Gasteiger partial charge in [-0.1, -0.05) is 42.6 Å². The molecule has 3 aromatic rings. The Bertz CT molecular complexity index is 1480. The summed E-state index contributed by atoms with van der Waals surface area (Å²) in [7, 11) is 1.18. The normalized spacial score (nSPS) is 22.1. The van der Waals surface area contributed by atoms with Crippen LogP contribution in [0.25, 0.3) is 0 Å². The van der Waals surface area contributed by atoms with Crippen LogP contribution in [-0.4, -0.2) is 73.2 Å². The fourth-order valence-corrected chi connectivity index (χ4v) is 10.1. The van der Waals surface area contributed by atoms with Gasteiger partial charge in [0.05, 0.1) is 33.4 Å². The molecule has 44 heavy (non-hydrogen) atoms. The Hall–Kier alpha value is -3.74. The van der Waals surface area contributed by atoms with Gasteiger partial charge in [-0.3, -0.25) is 19.2 Å². The first-order chi connectivity index (χ1) is 21.1. The highest BCUT2D eigenvalue weighted by molar-refractivity contribution is 6.91. The predicted octanol–water partition coefficient (Wildman–Crippen LogP) is 3.61. The van der Waals surface area contributed by atoms with Crippen LogP contribution in [0.2, 0.25) is 18.6 Å². The van der Waals surface area contributed by atoms with Gasteiger partial charge in [0.2, 0.25) is 5.91 Å². The standard InChI is InChI=1S/C32H42N4O7Si/c1-20-31(41-4)26-17-23(36-29(39)18-30(36)42-21(2)38)7-12-27(26)43-32(20)28(13-15-35-19-22(14-16-37)33-34-35)44(5,6)25-10-8-24(40-3)9-11-25/h7-12,17,19-20,28,30-32,37H,13-16,18H2,1-6H3/t20-,28?,30?,31-,32-/m0/s1. The van der Waals surface area contributed by atoms with Crippen molar-refractivity contribution < 1.29 is 33.6 Å². The van der Waals surface area contributed by atoms with Gasteiger partial charge in [-0.15, -0.1) is 5.10 Å². The average molecular weight is 623 g/mol. The number of carbonyl (C=O) groups is 2. The number of aryl methyl sites for hydroxylation is 1. The molecular weight excluding hydrogens is 580 g/mol. The molecule has 0 radical (unpaired) electrons. The summed E-state index contributed by atoms with van der Waals surface area (Å²) in [4.78, 5) is 25.6. The molecule has 1 amide bonds. The van der Waals surface area contributed by atoms with Gasteiger partial charge in [0.15, 0.2) is 6.23 Å². The Morgan fingerprint density at radius 1 is 1.18 bits per heavy atom. The second kappa shape index (κ2) is 13.1. The van der Waals surface area contributed by atoms with E-state index in [2.05, 4.69) is 42.5 Å². The number of aliphatic hydroxyl groups is 1. The quantitative estimate of drug-likeness (QED) is 0.183. The number of rotatable bonds is 12. The Morgan fingerprint density at radius 3 is 2.57 bits per heavy atom. The number of anilines is 1. The summed E-state index contributed by atoms with van der Waals surface area (Å²) in [5.41, 5.74) is 2.44.